The second kappa shape index (κ2) is 6.68. The molecule has 5 heterocycles. The van der Waals surface area contributed by atoms with Gasteiger partial charge in [-0.1, -0.05) is 54.6 Å². The lowest BCUT2D eigenvalue weighted by Crippen LogP contribution is -2.60. The van der Waals surface area contributed by atoms with Gasteiger partial charge in [0.05, 0.1) is 11.2 Å². The Morgan fingerprint density at radius 3 is 2.46 bits per heavy atom. The molecular weight excluding hydrogens is 342 g/mol. The van der Waals surface area contributed by atoms with E-state index in [1.807, 2.05) is 0 Å². The van der Waals surface area contributed by atoms with Gasteiger partial charge in [-0.15, -0.1) is 0 Å². The highest BCUT2D eigenvalue weighted by Crippen LogP contribution is 2.46. The van der Waals surface area contributed by atoms with Crippen molar-refractivity contribution in [2.75, 3.05) is 19.6 Å². The van der Waals surface area contributed by atoms with Gasteiger partial charge >= 0.3 is 0 Å². The lowest BCUT2D eigenvalue weighted by atomic mass is 9.75. The minimum absolute atomic E-state index is 0.620. The number of para-hydroxylation sites is 1. The molecule has 0 saturated carbocycles. The van der Waals surface area contributed by atoms with Crippen molar-refractivity contribution in [3.05, 3.63) is 78.0 Å². The van der Waals surface area contributed by atoms with Crippen LogP contribution in [0.15, 0.2) is 66.7 Å². The zero-order valence-electron chi connectivity index (χ0n) is 16.2. The fourth-order valence-corrected chi connectivity index (χ4v) is 6.12. The van der Waals surface area contributed by atoms with Crippen LogP contribution in [-0.2, 0) is 6.54 Å². The third-order valence-electron chi connectivity index (χ3n) is 7.34. The Kier molecular flexibility index (Phi) is 3.98. The highest BCUT2D eigenvalue weighted by molar-refractivity contribution is 5.78. The Hall–Kier alpha value is -2.23. The molecule has 3 atom stereocenters. The molecular formula is C25H27N3. The molecule has 4 aliphatic rings. The van der Waals surface area contributed by atoms with Gasteiger partial charge in [-0.2, -0.15) is 0 Å². The van der Waals surface area contributed by atoms with E-state index in [1.165, 1.54) is 42.6 Å². The van der Waals surface area contributed by atoms with Gasteiger partial charge in [0.2, 0.25) is 0 Å². The Morgan fingerprint density at radius 1 is 0.821 bits per heavy atom. The highest BCUT2D eigenvalue weighted by atomic mass is 15.3. The van der Waals surface area contributed by atoms with E-state index in [4.69, 9.17) is 4.98 Å². The van der Waals surface area contributed by atoms with Crippen molar-refractivity contribution in [1.29, 1.82) is 0 Å². The number of hydrogen-bond donors (Lipinski definition) is 0. The summed E-state index contributed by atoms with van der Waals surface area (Å²) in [6.07, 6.45) is 2.73. The Bertz CT molecular complexity index is 977. The maximum absolute atomic E-state index is 4.98. The molecule has 0 unspecified atom stereocenters. The average Bonchev–Trinajstić information content (AvgIpc) is 3.17. The highest BCUT2D eigenvalue weighted by Gasteiger charge is 2.53. The van der Waals surface area contributed by atoms with E-state index >= 15 is 0 Å². The lowest BCUT2D eigenvalue weighted by molar-refractivity contribution is -0.00895. The summed E-state index contributed by atoms with van der Waals surface area (Å²) in [6.45, 7) is 4.70. The second-order valence-corrected chi connectivity index (χ2v) is 8.80. The first-order valence-corrected chi connectivity index (χ1v) is 10.7. The van der Waals surface area contributed by atoms with Crippen LogP contribution in [0.3, 0.4) is 0 Å². The molecule has 0 spiro atoms. The SMILES string of the molecule is c1ccc([C@H]2CN(Cc3ccc4ccccc4n3)[C@H]3C4CCN(CC4)[C@@H]23)cc1. The predicted molar refractivity (Wildman–Crippen MR) is 113 cm³/mol. The van der Waals surface area contributed by atoms with Gasteiger partial charge in [0.1, 0.15) is 0 Å². The van der Waals surface area contributed by atoms with Crippen molar-refractivity contribution in [3.8, 4) is 0 Å². The number of piperidine rings is 3. The maximum atomic E-state index is 4.98. The summed E-state index contributed by atoms with van der Waals surface area (Å²) in [7, 11) is 0. The van der Waals surface area contributed by atoms with Gasteiger partial charge in [-0.25, -0.2) is 0 Å². The minimum atomic E-state index is 0.620. The van der Waals surface area contributed by atoms with E-state index < -0.39 is 0 Å². The second-order valence-electron chi connectivity index (χ2n) is 8.80. The number of benzene rings is 2. The third kappa shape index (κ3) is 2.68. The first kappa shape index (κ1) is 16.7. The number of fused-ring (bicyclic) bond motifs is 3. The van der Waals surface area contributed by atoms with Crippen LogP contribution in [0.1, 0.15) is 30.0 Å². The molecule has 28 heavy (non-hydrogen) atoms. The van der Waals surface area contributed by atoms with E-state index in [2.05, 4.69) is 76.5 Å². The minimum Gasteiger partial charge on any atom is -0.298 e. The number of likely N-dealkylation sites (tertiary alicyclic amines) is 1. The van der Waals surface area contributed by atoms with E-state index in [1.54, 1.807) is 0 Å². The van der Waals surface area contributed by atoms with Gasteiger partial charge in [0.25, 0.3) is 0 Å². The van der Waals surface area contributed by atoms with Gasteiger partial charge in [-0.05, 0) is 49.5 Å². The van der Waals surface area contributed by atoms with Gasteiger partial charge < -0.3 is 0 Å². The molecule has 142 valence electrons. The fraction of sp³-hybridized carbons (Fsp3) is 0.400. The van der Waals surface area contributed by atoms with Gasteiger partial charge in [0.15, 0.2) is 0 Å². The lowest BCUT2D eigenvalue weighted by Gasteiger charge is -2.51. The summed E-state index contributed by atoms with van der Waals surface area (Å²) in [5, 5.41) is 1.23. The van der Waals surface area contributed by atoms with Crippen LogP contribution in [-0.4, -0.2) is 46.5 Å². The van der Waals surface area contributed by atoms with Crippen molar-refractivity contribution >= 4 is 10.9 Å². The largest absolute Gasteiger partial charge is 0.298 e. The van der Waals surface area contributed by atoms with Gasteiger partial charge in [0, 0.05) is 36.5 Å². The quantitative estimate of drug-likeness (QED) is 0.686. The number of hydrogen-bond acceptors (Lipinski definition) is 3. The molecule has 2 aromatic carbocycles. The molecule has 2 bridgehead atoms. The Morgan fingerprint density at radius 2 is 1.61 bits per heavy atom. The van der Waals surface area contributed by atoms with Crippen LogP contribution in [0.2, 0.25) is 0 Å². The van der Waals surface area contributed by atoms with E-state index in [0.29, 0.717) is 18.0 Å². The number of pyridine rings is 1. The van der Waals surface area contributed by atoms with Crippen LogP contribution in [0, 0.1) is 5.92 Å². The first-order chi connectivity index (χ1) is 13.9. The molecule has 3 nitrogen and oxygen atoms in total. The topological polar surface area (TPSA) is 19.4 Å². The van der Waals surface area contributed by atoms with E-state index in [0.717, 1.165) is 24.5 Å². The molecule has 0 aliphatic carbocycles. The molecule has 7 rings (SSSR count). The number of aromatic nitrogens is 1. The molecule has 0 amide bonds. The molecule has 3 aromatic rings. The van der Waals surface area contributed by atoms with Crippen LogP contribution in [0.25, 0.3) is 10.9 Å². The molecule has 4 saturated heterocycles. The van der Waals surface area contributed by atoms with Crippen LogP contribution < -0.4 is 0 Å². The predicted octanol–water partition coefficient (Wildman–Crippen LogP) is 4.30. The summed E-state index contributed by atoms with van der Waals surface area (Å²) >= 11 is 0. The summed E-state index contributed by atoms with van der Waals surface area (Å²) in [6, 6.07) is 25.5. The van der Waals surface area contributed by atoms with E-state index in [-0.39, 0.29) is 0 Å². The third-order valence-corrected chi connectivity index (χ3v) is 7.34. The summed E-state index contributed by atoms with van der Waals surface area (Å²) < 4.78 is 0. The Balaban J connectivity index is 1.34. The van der Waals surface area contributed by atoms with Gasteiger partial charge in [-0.3, -0.25) is 14.8 Å². The summed E-state index contributed by atoms with van der Waals surface area (Å²) in [5.41, 5.74) is 3.84. The van der Waals surface area contributed by atoms with Crippen molar-refractivity contribution in [1.82, 2.24) is 14.8 Å². The zero-order valence-corrected chi connectivity index (χ0v) is 16.2. The summed E-state index contributed by atoms with van der Waals surface area (Å²) in [4.78, 5) is 10.5. The molecule has 1 aromatic heterocycles. The van der Waals surface area contributed by atoms with Crippen LogP contribution in [0.4, 0.5) is 0 Å². The van der Waals surface area contributed by atoms with Crippen molar-refractivity contribution in [2.24, 2.45) is 5.92 Å². The average molecular weight is 370 g/mol. The maximum Gasteiger partial charge on any atom is 0.0705 e. The van der Waals surface area contributed by atoms with E-state index in [9.17, 15) is 0 Å². The van der Waals surface area contributed by atoms with Crippen LogP contribution in [0.5, 0.6) is 0 Å². The first-order valence-electron chi connectivity index (χ1n) is 10.7. The van der Waals surface area contributed by atoms with Crippen molar-refractivity contribution in [3.63, 3.8) is 0 Å². The van der Waals surface area contributed by atoms with Crippen LogP contribution >= 0.6 is 0 Å². The number of nitrogens with zero attached hydrogens (tertiary/aromatic N) is 3. The number of rotatable bonds is 3. The fourth-order valence-electron chi connectivity index (χ4n) is 6.12. The molecule has 4 fully saturated rings. The normalized spacial score (nSPS) is 31.9. The molecule has 0 N–H and O–H groups in total. The molecule has 0 radical (unpaired) electrons. The smallest absolute Gasteiger partial charge is 0.0705 e. The monoisotopic (exact) mass is 369 g/mol. The molecule has 3 heteroatoms. The summed E-state index contributed by atoms with van der Waals surface area (Å²) in [5.74, 6) is 1.47. The molecule has 4 aliphatic heterocycles. The van der Waals surface area contributed by atoms with Crippen molar-refractivity contribution in [2.45, 2.75) is 37.4 Å². The van der Waals surface area contributed by atoms with Crippen molar-refractivity contribution < 1.29 is 0 Å². The zero-order chi connectivity index (χ0) is 18.5. The Labute approximate surface area is 167 Å². The standard InChI is InChI=1S/C25H27N3/c1-2-6-18(7-3-1)22-17-28(24-20-12-14-27(15-13-20)25(22)24)16-21-11-10-19-8-4-5-9-23(19)26-21/h1-11,20,22,24-25H,12-17H2/t22-,24+,25+/m1/s1.